The molecule has 0 saturated carbocycles. The van der Waals surface area contributed by atoms with Crippen LogP contribution in [0.15, 0.2) is 42.5 Å². The predicted molar refractivity (Wildman–Crippen MR) is 119 cm³/mol. The summed E-state index contributed by atoms with van der Waals surface area (Å²) in [6.45, 7) is 1.04. The second kappa shape index (κ2) is 10.5. The number of likely N-dealkylation sites (tertiary alicyclic amines) is 1. The minimum atomic E-state index is -1.31. The van der Waals surface area contributed by atoms with E-state index in [1.54, 1.807) is 12.1 Å². The summed E-state index contributed by atoms with van der Waals surface area (Å²) < 4.78 is 0. The Morgan fingerprint density at radius 2 is 1.83 bits per heavy atom. The normalized spacial score (nSPS) is 18.7. The minimum absolute atomic E-state index is 0.197. The number of carbonyl (C=O) groups is 2. The third kappa shape index (κ3) is 5.67. The molecule has 0 aromatic heterocycles. The van der Waals surface area contributed by atoms with Crippen molar-refractivity contribution in [3.63, 3.8) is 0 Å². The van der Waals surface area contributed by atoms with Crippen LogP contribution in [0.3, 0.4) is 0 Å². The summed E-state index contributed by atoms with van der Waals surface area (Å²) in [4.78, 5) is 26.3. The second-order valence-electron chi connectivity index (χ2n) is 7.32. The van der Waals surface area contributed by atoms with Crippen LogP contribution in [0, 0.1) is 5.92 Å². The van der Waals surface area contributed by atoms with Crippen molar-refractivity contribution in [1.82, 2.24) is 10.2 Å². The zero-order chi connectivity index (χ0) is 21.7. The van der Waals surface area contributed by atoms with Crippen molar-refractivity contribution in [2.45, 2.75) is 25.4 Å². The first-order valence-corrected chi connectivity index (χ1v) is 10.9. The third-order valence-corrected chi connectivity index (χ3v) is 6.34. The fraction of sp³-hybridized carbons (Fsp3) is 0.364. The highest BCUT2D eigenvalue weighted by Gasteiger charge is 2.42. The van der Waals surface area contributed by atoms with Crippen LogP contribution in [0.2, 0.25) is 15.1 Å². The molecule has 2 N–H and O–H groups in total. The molecule has 5 nitrogen and oxygen atoms in total. The molecule has 3 rings (SSSR count). The summed E-state index contributed by atoms with van der Waals surface area (Å²) in [5.74, 6) is -1.50. The Labute approximate surface area is 190 Å². The number of benzene rings is 2. The number of hydrogen-bond acceptors (Lipinski definition) is 3. The number of rotatable bonds is 8. The summed E-state index contributed by atoms with van der Waals surface area (Å²) >= 11 is 18.1. The molecule has 2 aromatic rings. The summed E-state index contributed by atoms with van der Waals surface area (Å²) in [6.07, 6.45) is 0.686. The molecular formula is C22H23Cl3N2O3. The molecule has 2 unspecified atom stereocenters. The average molecular weight is 470 g/mol. The smallest absolute Gasteiger partial charge is 0.252 e. The Morgan fingerprint density at radius 3 is 2.57 bits per heavy atom. The van der Waals surface area contributed by atoms with Gasteiger partial charge in [-0.2, -0.15) is 0 Å². The number of nitrogens with zero attached hydrogens (tertiary/aromatic N) is 1. The van der Waals surface area contributed by atoms with Crippen LogP contribution < -0.4 is 5.32 Å². The number of aryl methyl sites for hydroxylation is 1. The van der Waals surface area contributed by atoms with E-state index in [0.29, 0.717) is 41.0 Å². The molecule has 1 aliphatic rings. The van der Waals surface area contributed by atoms with Crippen molar-refractivity contribution >= 4 is 46.6 Å². The van der Waals surface area contributed by atoms with Gasteiger partial charge >= 0.3 is 0 Å². The first-order valence-electron chi connectivity index (χ1n) is 9.78. The van der Waals surface area contributed by atoms with Crippen LogP contribution in [0.1, 0.15) is 17.5 Å². The lowest BCUT2D eigenvalue weighted by Crippen LogP contribution is -2.38. The van der Waals surface area contributed by atoms with Crippen molar-refractivity contribution in [2.24, 2.45) is 5.92 Å². The average Bonchev–Trinajstić information content (AvgIpc) is 3.01. The van der Waals surface area contributed by atoms with Gasteiger partial charge in [-0.1, -0.05) is 59.1 Å². The van der Waals surface area contributed by atoms with Gasteiger partial charge in [0, 0.05) is 24.7 Å². The third-order valence-electron chi connectivity index (χ3n) is 5.23. The molecule has 160 valence electrons. The molecule has 0 aliphatic carbocycles. The van der Waals surface area contributed by atoms with E-state index in [-0.39, 0.29) is 12.5 Å². The van der Waals surface area contributed by atoms with Gasteiger partial charge in [0.15, 0.2) is 0 Å². The van der Waals surface area contributed by atoms with Crippen LogP contribution in [0.25, 0.3) is 0 Å². The van der Waals surface area contributed by atoms with Gasteiger partial charge in [-0.15, -0.1) is 0 Å². The molecule has 8 heteroatoms. The molecule has 30 heavy (non-hydrogen) atoms. The van der Waals surface area contributed by atoms with Crippen molar-refractivity contribution in [1.29, 1.82) is 0 Å². The molecule has 2 atom stereocenters. The fourth-order valence-electron chi connectivity index (χ4n) is 3.50. The first kappa shape index (κ1) is 22.9. The van der Waals surface area contributed by atoms with Gasteiger partial charge in [0.2, 0.25) is 5.91 Å². The molecule has 0 spiro atoms. The van der Waals surface area contributed by atoms with Crippen LogP contribution in [-0.2, 0) is 22.4 Å². The number of aliphatic hydroxyl groups excluding tert-OH is 1. The van der Waals surface area contributed by atoms with E-state index in [0.717, 1.165) is 17.5 Å². The fourth-order valence-corrected chi connectivity index (χ4v) is 4.05. The quantitative estimate of drug-likeness (QED) is 0.578. The monoisotopic (exact) mass is 468 g/mol. The summed E-state index contributed by atoms with van der Waals surface area (Å²) in [7, 11) is 0. The molecule has 2 aromatic carbocycles. The van der Waals surface area contributed by atoms with E-state index in [2.05, 4.69) is 5.32 Å². The number of halogens is 3. The van der Waals surface area contributed by atoms with E-state index < -0.39 is 17.9 Å². The van der Waals surface area contributed by atoms with Crippen molar-refractivity contribution in [3.8, 4) is 0 Å². The van der Waals surface area contributed by atoms with E-state index in [1.807, 2.05) is 30.3 Å². The highest BCUT2D eigenvalue weighted by Crippen LogP contribution is 2.23. The molecule has 1 heterocycles. The number of amides is 2. The maximum atomic E-state index is 12.5. The Hall–Kier alpha value is -1.79. The molecule has 2 amide bonds. The highest BCUT2D eigenvalue weighted by atomic mass is 35.5. The minimum Gasteiger partial charge on any atom is -0.382 e. The largest absolute Gasteiger partial charge is 0.382 e. The summed E-state index contributed by atoms with van der Waals surface area (Å²) in [5.41, 5.74) is 1.96. The summed E-state index contributed by atoms with van der Waals surface area (Å²) in [5, 5.41) is 14.7. The van der Waals surface area contributed by atoms with Gasteiger partial charge in [-0.3, -0.25) is 9.59 Å². The standard InChI is InChI=1S/C22H23Cl3N2O3/c23-17-6-2-1-5-15(17)9-11-27-13-16(20(28)22(27)30)21(29)26-10-3-4-14-7-8-18(24)19(25)12-14/h1-2,5-8,12,16,20,28H,3-4,9-11,13H2,(H,26,29). The Kier molecular flexibility index (Phi) is 8.00. The van der Waals surface area contributed by atoms with E-state index in [1.165, 1.54) is 4.90 Å². The van der Waals surface area contributed by atoms with Gasteiger partial charge in [0.25, 0.3) is 5.91 Å². The summed E-state index contributed by atoms with van der Waals surface area (Å²) in [6, 6.07) is 12.9. The van der Waals surface area contributed by atoms with Gasteiger partial charge in [-0.05, 0) is 48.6 Å². The molecular weight excluding hydrogens is 447 g/mol. The van der Waals surface area contributed by atoms with E-state index in [4.69, 9.17) is 34.8 Å². The van der Waals surface area contributed by atoms with Crippen LogP contribution in [-0.4, -0.2) is 47.6 Å². The number of hydrogen-bond donors (Lipinski definition) is 2. The highest BCUT2D eigenvalue weighted by molar-refractivity contribution is 6.42. The molecule has 1 saturated heterocycles. The van der Waals surface area contributed by atoms with Gasteiger partial charge in [-0.25, -0.2) is 0 Å². The maximum absolute atomic E-state index is 12.5. The molecule has 0 bridgehead atoms. The lowest BCUT2D eigenvalue weighted by Gasteiger charge is -2.16. The molecule has 0 radical (unpaired) electrons. The Balaban J connectivity index is 1.45. The first-order chi connectivity index (χ1) is 14.4. The molecule has 1 fully saturated rings. The lowest BCUT2D eigenvalue weighted by atomic mass is 10.1. The maximum Gasteiger partial charge on any atom is 0.252 e. The Morgan fingerprint density at radius 1 is 1.07 bits per heavy atom. The second-order valence-corrected chi connectivity index (χ2v) is 8.54. The van der Waals surface area contributed by atoms with E-state index in [9.17, 15) is 14.7 Å². The van der Waals surface area contributed by atoms with Gasteiger partial charge < -0.3 is 15.3 Å². The van der Waals surface area contributed by atoms with Gasteiger partial charge in [0.05, 0.1) is 16.0 Å². The zero-order valence-electron chi connectivity index (χ0n) is 16.3. The van der Waals surface area contributed by atoms with Gasteiger partial charge in [0.1, 0.15) is 6.10 Å². The van der Waals surface area contributed by atoms with E-state index >= 15 is 0 Å². The van der Waals surface area contributed by atoms with Crippen molar-refractivity contribution in [2.75, 3.05) is 19.6 Å². The van der Waals surface area contributed by atoms with Crippen LogP contribution >= 0.6 is 34.8 Å². The number of nitrogens with one attached hydrogen (secondary N) is 1. The predicted octanol–water partition coefficient (Wildman–Crippen LogP) is 3.76. The van der Waals surface area contributed by atoms with Crippen LogP contribution in [0.4, 0.5) is 0 Å². The van der Waals surface area contributed by atoms with Crippen LogP contribution in [0.5, 0.6) is 0 Å². The number of aliphatic hydroxyl groups is 1. The number of carbonyl (C=O) groups excluding carboxylic acids is 2. The topological polar surface area (TPSA) is 69.6 Å². The molecule has 1 aliphatic heterocycles. The Bertz CT molecular complexity index is 922. The van der Waals surface area contributed by atoms with Crippen molar-refractivity contribution < 1.29 is 14.7 Å². The lowest BCUT2D eigenvalue weighted by molar-refractivity contribution is -0.137. The zero-order valence-corrected chi connectivity index (χ0v) is 18.6. The van der Waals surface area contributed by atoms with Crippen molar-refractivity contribution in [3.05, 3.63) is 68.7 Å². The SMILES string of the molecule is O=C(NCCCc1ccc(Cl)c(Cl)c1)C1CN(CCc2ccccc2Cl)C(=O)C1O.